The molecule has 0 aromatic heterocycles. The highest BCUT2D eigenvalue weighted by atomic mass is 15.2. The van der Waals surface area contributed by atoms with Gasteiger partial charge in [-0.1, -0.05) is 13.8 Å². The van der Waals surface area contributed by atoms with Crippen molar-refractivity contribution in [1.29, 1.82) is 0 Å². The van der Waals surface area contributed by atoms with Crippen molar-refractivity contribution < 1.29 is 0 Å². The van der Waals surface area contributed by atoms with Crippen molar-refractivity contribution in [3.63, 3.8) is 0 Å². The van der Waals surface area contributed by atoms with Crippen molar-refractivity contribution in [2.75, 3.05) is 26.2 Å². The molecule has 2 heteroatoms. The number of rotatable bonds is 4. The number of hydrogen-bond donors (Lipinski definition) is 0. The molecule has 1 fully saturated rings. The summed E-state index contributed by atoms with van der Waals surface area (Å²) in [6, 6.07) is 0.667. The molecule has 0 N–H and O–H groups in total. The van der Waals surface area contributed by atoms with E-state index in [0.717, 1.165) is 6.54 Å². The second kappa shape index (κ2) is 3.94. The van der Waals surface area contributed by atoms with E-state index in [1.165, 1.54) is 26.1 Å². The van der Waals surface area contributed by atoms with Crippen LogP contribution in [-0.4, -0.2) is 37.1 Å². The van der Waals surface area contributed by atoms with Gasteiger partial charge in [0.05, 0.1) is 0 Å². The Bertz CT molecular complexity index is 85.3. The summed E-state index contributed by atoms with van der Waals surface area (Å²) < 4.78 is 0. The predicted octanol–water partition coefficient (Wildman–Crippen LogP) is 0.705. The summed E-state index contributed by atoms with van der Waals surface area (Å²) in [6.07, 6.45) is 1.32. The first-order chi connectivity index (χ1) is 4.86. The summed E-state index contributed by atoms with van der Waals surface area (Å²) in [4.78, 5) is 2.44. The van der Waals surface area contributed by atoms with Crippen molar-refractivity contribution in [1.82, 2.24) is 10.2 Å². The molecule has 0 spiro atoms. The Morgan fingerprint density at radius 2 is 2.00 bits per heavy atom. The van der Waals surface area contributed by atoms with E-state index in [-0.39, 0.29) is 0 Å². The molecule has 0 aromatic rings. The van der Waals surface area contributed by atoms with Gasteiger partial charge in [-0.3, -0.25) is 0 Å². The Kier molecular flexibility index (Phi) is 3.16. The first kappa shape index (κ1) is 8.02. The molecule has 0 aromatic carbocycles. The SMILES string of the molecule is CCN(CC)CC1CC[N]1. The molecule has 59 valence electrons. The average molecular weight is 141 g/mol. The van der Waals surface area contributed by atoms with Crippen molar-refractivity contribution in [2.24, 2.45) is 0 Å². The molecule has 2 nitrogen and oxygen atoms in total. The van der Waals surface area contributed by atoms with Gasteiger partial charge in [0.25, 0.3) is 0 Å². The third-order valence-electron chi connectivity index (χ3n) is 2.21. The van der Waals surface area contributed by atoms with Gasteiger partial charge in [0, 0.05) is 19.1 Å². The van der Waals surface area contributed by atoms with Crippen LogP contribution in [0.25, 0.3) is 0 Å². The van der Waals surface area contributed by atoms with Crippen LogP contribution in [0.3, 0.4) is 0 Å². The quantitative estimate of drug-likeness (QED) is 0.563. The summed E-state index contributed by atoms with van der Waals surface area (Å²) in [6.45, 7) is 9.05. The molecule has 1 radical (unpaired) electrons. The normalized spacial score (nSPS) is 24.9. The van der Waals surface area contributed by atoms with Gasteiger partial charge < -0.3 is 4.90 Å². The highest BCUT2D eigenvalue weighted by Gasteiger charge is 2.19. The maximum atomic E-state index is 4.36. The highest BCUT2D eigenvalue weighted by molar-refractivity contribution is 4.79. The summed E-state index contributed by atoms with van der Waals surface area (Å²) in [5.74, 6) is 0. The standard InChI is InChI=1S/C8H17N2/c1-3-10(4-2)7-8-5-6-9-8/h8H,3-7H2,1-2H3. The largest absolute Gasteiger partial charge is 0.302 e. The Morgan fingerprint density at radius 1 is 1.40 bits per heavy atom. The minimum Gasteiger partial charge on any atom is -0.302 e. The smallest absolute Gasteiger partial charge is 0.0386 e. The van der Waals surface area contributed by atoms with E-state index in [4.69, 9.17) is 0 Å². The van der Waals surface area contributed by atoms with Crippen molar-refractivity contribution >= 4 is 0 Å². The van der Waals surface area contributed by atoms with Crippen LogP contribution in [0.1, 0.15) is 20.3 Å². The second-order valence-corrected chi connectivity index (χ2v) is 2.83. The predicted molar refractivity (Wildman–Crippen MR) is 43.2 cm³/mol. The zero-order valence-corrected chi connectivity index (χ0v) is 7.01. The monoisotopic (exact) mass is 141 g/mol. The highest BCUT2D eigenvalue weighted by Crippen LogP contribution is 2.05. The molecule has 0 amide bonds. The fraction of sp³-hybridized carbons (Fsp3) is 1.00. The Morgan fingerprint density at radius 3 is 2.30 bits per heavy atom. The minimum absolute atomic E-state index is 0.667. The maximum absolute atomic E-state index is 4.36. The summed E-state index contributed by atoms with van der Waals surface area (Å²) >= 11 is 0. The number of hydrogen-bond acceptors (Lipinski definition) is 1. The molecule has 0 aliphatic carbocycles. The number of likely N-dealkylation sites (N-methyl/N-ethyl adjacent to an activating group) is 1. The van der Waals surface area contributed by atoms with Crippen molar-refractivity contribution in [2.45, 2.75) is 26.3 Å². The Labute approximate surface area is 63.6 Å². The summed E-state index contributed by atoms with van der Waals surface area (Å²) in [7, 11) is 0. The first-order valence-corrected chi connectivity index (χ1v) is 4.25. The van der Waals surface area contributed by atoms with Crippen molar-refractivity contribution in [3.05, 3.63) is 0 Å². The molecular weight excluding hydrogens is 124 g/mol. The van der Waals surface area contributed by atoms with E-state index >= 15 is 0 Å². The summed E-state index contributed by atoms with van der Waals surface area (Å²) in [5, 5.41) is 4.36. The molecule has 1 unspecified atom stereocenters. The molecule has 1 aliphatic rings. The fourth-order valence-electron chi connectivity index (χ4n) is 1.24. The minimum atomic E-state index is 0.667. The third kappa shape index (κ3) is 1.96. The third-order valence-corrected chi connectivity index (χ3v) is 2.21. The molecule has 10 heavy (non-hydrogen) atoms. The van der Waals surface area contributed by atoms with Crippen LogP contribution in [0.5, 0.6) is 0 Å². The van der Waals surface area contributed by atoms with Crippen LogP contribution in [0.4, 0.5) is 0 Å². The van der Waals surface area contributed by atoms with Crippen LogP contribution in [0.2, 0.25) is 0 Å². The lowest BCUT2D eigenvalue weighted by atomic mass is 10.1. The van der Waals surface area contributed by atoms with E-state index in [1.807, 2.05) is 0 Å². The lowest BCUT2D eigenvalue weighted by Crippen LogP contribution is -2.45. The van der Waals surface area contributed by atoms with Crippen LogP contribution in [0, 0.1) is 0 Å². The van der Waals surface area contributed by atoms with Crippen molar-refractivity contribution in [3.8, 4) is 0 Å². The van der Waals surface area contributed by atoms with Gasteiger partial charge in [0.15, 0.2) is 0 Å². The lowest BCUT2D eigenvalue weighted by molar-refractivity contribution is 0.220. The van der Waals surface area contributed by atoms with E-state index < -0.39 is 0 Å². The molecular formula is C8H17N2. The first-order valence-electron chi connectivity index (χ1n) is 4.25. The summed E-state index contributed by atoms with van der Waals surface area (Å²) in [5.41, 5.74) is 0. The molecule has 1 saturated heterocycles. The zero-order valence-electron chi connectivity index (χ0n) is 7.01. The molecule has 1 atom stereocenters. The van der Waals surface area contributed by atoms with Gasteiger partial charge in [-0.15, -0.1) is 0 Å². The van der Waals surface area contributed by atoms with Gasteiger partial charge in [-0.2, -0.15) is 0 Å². The van der Waals surface area contributed by atoms with Crippen LogP contribution >= 0.6 is 0 Å². The van der Waals surface area contributed by atoms with Crippen LogP contribution in [-0.2, 0) is 0 Å². The molecule has 1 heterocycles. The molecule has 0 saturated carbocycles. The molecule has 0 bridgehead atoms. The fourth-order valence-corrected chi connectivity index (χ4v) is 1.24. The van der Waals surface area contributed by atoms with Gasteiger partial charge in [-0.25, -0.2) is 5.32 Å². The van der Waals surface area contributed by atoms with E-state index in [9.17, 15) is 0 Å². The molecule has 1 rings (SSSR count). The number of nitrogens with zero attached hydrogens (tertiary/aromatic N) is 2. The van der Waals surface area contributed by atoms with Gasteiger partial charge >= 0.3 is 0 Å². The van der Waals surface area contributed by atoms with E-state index in [2.05, 4.69) is 24.1 Å². The topological polar surface area (TPSA) is 17.3 Å². The Balaban J connectivity index is 2.08. The van der Waals surface area contributed by atoms with Crippen LogP contribution < -0.4 is 5.32 Å². The lowest BCUT2D eigenvalue weighted by Gasteiger charge is -2.30. The average Bonchev–Trinajstić information content (AvgIpc) is 1.87. The van der Waals surface area contributed by atoms with Crippen LogP contribution in [0.15, 0.2) is 0 Å². The van der Waals surface area contributed by atoms with Gasteiger partial charge in [-0.05, 0) is 19.5 Å². The Hall–Kier alpha value is -0.0800. The van der Waals surface area contributed by atoms with Gasteiger partial charge in [0.2, 0.25) is 0 Å². The van der Waals surface area contributed by atoms with Gasteiger partial charge in [0.1, 0.15) is 0 Å². The van der Waals surface area contributed by atoms with E-state index in [0.29, 0.717) is 6.04 Å². The second-order valence-electron chi connectivity index (χ2n) is 2.83. The zero-order chi connectivity index (χ0) is 7.40. The van der Waals surface area contributed by atoms with E-state index in [1.54, 1.807) is 0 Å². The molecule has 1 aliphatic heterocycles. The maximum Gasteiger partial charge on any atom is 0.0386 e.